The van der Waals surface area contributed by atoms with Gasteiger partial charge in [0.05, 0.1) is 24.5 Å². The van der Waals surface area contributed by atoms with E-state index in [0.717, 1.165) is 5.69 Å². The molecule has 96 valence electrons. The van der Waals surface area contributed by atoms with E-state index in [9.17, 15) is 5.11 Å². The first-order chi connectivity index (χ1) is 8.09. The van der Waals surface area contributed by atoms with Gasteiger partial charge in [-0.05, 0) is 32.9 Å². The van der Waals surface area contributed by atoms with Crippen molar-refractivity contribution in [2.24, 2.45) is 0 Å². The molecule has 17 heavy (non-hydrogen) atoms. The van der Waals surface area contributed by atoms with Crippen molar-refractivity contribution in [1.82, 2.24) is 10.3 Å². The van der Waals surface area contributed by atoms with Crippen molar-refractivity contribution in [2.45, 2.75) is 39.0 Å². The molecule has 0 saturated carbocycles. The van der Waals surface area contributed by atoms with Gasteiger partial charge < -0.3 is 15.2 Å². The number of aliphatic hydroxyl groups excluding tert-OH is 1. The topological polar surface area (TPSA) is 54.4 Å². The Morgan fingerprint density at radius 2 is 2.12 bits per heavy atom. The molecule has 0 saturated heterocycles. The van der Waals surface area contributed by atoms with E-state index in [2.05, 4.69) is 10.3 Å². The van der Waals surface area contributed by atoms with E-state index in [-0.39, 0.29) is 12.1 Å². The van der Waals surface area contributed by atoms with Crippen LogP contribution in [0.2, 0.25) is 0 Å². The van der Waals surface area contributed by atoms with Gasteiger partial charge in [0.25, 0.3) is 0 Å². The number of hydrogen-bond acceptors (Lipinski definition) is 4. The third-order valence-electron chi connectivity index (χ3n) is 2.41. The third-order valence-corrected chi connectivity index (χ3v) is 2.41. The Morgan fingerprint density at radius 3 is 2.71 bits per heavy atom. The number of nitrogens with zero attached hydrogens (tertiary/aromatic N) is 1. The molecule has 1 heterocycles. The highest BCUT2D eigenvalue weighted by Gasteiger charge is 2.09. The van der Waals surface area contributed by atoms with Crippen molar-refractivity contribution in [2.75, 3.05) is 13.2 Å². The molecule has 1 aromatic rings. The van der Waals surface area contributed by atoms with Gasteiger partial charge in [0.2, 0.25) is 0 Å². The van der Waals surface area contributed by atoms with Gasteiger partial charge in [-0.3, -0.25) is 4.98 Å². The average Bonchev–Trinajstić information content (AvgIpc) is 2.34. The molecule has 0 amide bonds. The van der Waals surface area contributed by atoms with Crippen molar-refractivity contribution in [3.8, 4) is 0 Å². The number of aromatic nitrogens is 1. The van der Waals surface area contributed by atoms with E-state index in [0.29, 0.717) is 13.2 Å². The number of nitrogens with one attached hydrogen (secondary N) is 1. The Bertz CT molecular complexity index is 304. The zero-order valence-electron chi connectivity index (χ0n) is 10.8. The van der Waals surface area contributed by atoms with Gasteiger partial charge in [-0.15, -0.1) is 0 Å². The first-order valence-electron chi connectivity index (χ1n) is 6.03. The minimum Gasteiger partial charge on any atom is -0.389 e. The average molecular weight is 238 g/mol. The summed E-state index contributed by atoms with van der Waals surface area (Å²) in [6, 6.07) is 5.94. The predicted octanol–water partition coefficient (Wildman–Crippen LogP) is 1.52. The highest BCUT2D eigenvalue weighted by Crippen LogP contribution is 2.07. The molecule has 0 fully saturated rings. The third kappa shape index (κ3) is 5.77. The summed E-state index contributed by atoms with van der Waals surface area (Å²) in [5.74, 6) is 0. The maximum Gasteiger partial charge on any atom is 0.0898 e. The summed E-state index contributed by atoms with van der Waals surface area (Å²) in [7, 11) is 0. The van der Waals surface area contributed by atoms with Crippen molar-refractivity contribution >= 4 is 0 Å². The maximum atomic E-state index is 9.69. The van der Waals surface area contributed by atoms with Crippen LogP contribution in [0.25, 0.3) is 0 Å². The molecule has 1 rings (SSSR count). The normalized spacial score (nSPS) is 14.9. The van der Waals surface area contributed by atoms with Crippen LogP contribution in [0.3, 0.4) is 0 Å². The van der Waals surface area contributed by atoms with Crippen LogP contribution >= 0.6 is 0 Å². The van der Waals surface area contributed by atoms with Gasteiger partial charge in [0.1, 0.15) is 0 Å². The van der Waals surface area contributed by atoms with Gasteiger partial charge in [-0.25, -0.2) is 0 Å². The highest BCUT2D eigenvalue weighted by molar-refractivity contribution is 5.07. The van der Waals surface area contributed by atoms with Crippen molar-refractivity contribution < 1.29 is 9.84 Å². The van der Waals surface area contributed by atoms with Crippen molar-refractivity contribution in [3.05, 3.63) is 30.1 Å². The molecule has 1 unspecified atom stereocenters. The molecule has 0 bridgehead atoms. The quantitative estimate of drug-likeness (QED) is 0.756. The van der Waals surface area contributed by atoms with Crippen LogP contribution in [-0.2, 0) is 4.74 Å². The molecule has 2 N–H and O–H groups in total. The lowest BCUT2D eigenvalue weighted by molar-refractivity contribution is 0.00557. The lowest BCUT2D eigenvalue weighted by Crippen LogP contribution is -2.33. The molecule has 1 aromatic heterocycles. The molecule has 0 aliphatic rings. The van der Waals surface area contributed by atoms with Gasteiger partial charge in [-0.1, -0.05) is 6.07 Å². The fourth-order valence-electron chi connectivity index (χ4n) is 1.41. The summed E-state index contributed by atoms with van der Waals surface area (Å²) in [4.78, 5) is 4.26. The van der Waals surface area contributed by atoms with E-state index in [1.807, 2.05) is 39.0 Å². The molecule has 4 heteroatoms. The molecular weight excluding hydrogens is 216 g/mol. The Kier molecular flexibility index (Phi) is 6.11. The summed E-state index contributed by atoms with van der Waals surface area (Å²) >= 11 is 0. The predicted molar refractivity (Wildman–Crippen MR) is 67.7 cm³/mol. The Labute approximate surface area is 103 Å². The number of ether oxygens (including phenoxy) is 1. The minimum atomic E-state index is -0.483. The van der Waals surface area contributed by atoms with E-state index >= 15 is 0 Å². The Hall–Kier alpha value is -0.970. The van der Waals surface area contributed by atoms with Crippen molar-refractivity contribution in [1.29, 1.82) is 0 Å². The summed E-state index contributed by atoms with van der Waals surface area (Å²) in [5, 5.41) is 12.9. The number of rotatable bonds is 7. The summed E-state index contributed by atoms with van der Waals surface area (Å²) in [6.45, 7) is 6.80. The fourth-order valence-corrected chi connectivity index (χ4v) is 1.41. The molecule has 0 radical (unpaired) electrons. The van der Waals surface area contributed by atoms with Gasteiger partial charge in [-0.2, -0.15) is 0 Å². The van der Waals surface area contributed by atoms with Gasteiger partial charge in [0.15, 0.2) is 0 Å². The number of hydrogen-bond donors (Lipinski definition) is 2. The fraction of sp³-hybridized carbons (Fsp3) is 0.615. The second kappa shape index (κ2) is 7.37. The maximum absolute atomic E-state index is 9.69. The van der Waals surface area contributed by atoms with Crippen LogP contribution < -0.4 is 5.32 Å². The first-order valence-corrected chi connectivity index (χ1v) is 6.03. The molecule has 0 spiro atoms. The molecule has 2 atom stereocenters. The second-order valence-corrected chi connectivity index (χ2v) is 4.42. The number of pyridine rings is 1. The molecule has 0 aliphatic heterocycles. The zero-order chi connectivity index (χ0) is 12.7. The van der Waals surface area contributed by atoms with E-state index < -0.39 is 6.10 Å². The van der Waals surface area contributed by atoms with Crippen LogP contribution in [0.4, 0.5) is 0 Å². The van der Waals surface area contributed by atoms with Crippen LogP contribution in [0.15, 0.2) is 24.4 Å². The molecule has 0 aromatic carbocycles. The summed E-state index contributed by atoms with van der Waals surface area (Å²) < 4.78 is 5.34. The van der Waals surface area contributed by atoms with Gasteiger partial charge >= 0.3 is 0 Å². The van der Waals surface area contributed by atoms with Crippen LogP contribution in [0.5, 0.6) is 0 Å². The van der Waals surface area contributed by atoms with Crippen LogP contribution in [0, 0.1) is 0 Å². The molecular formula is C13H22N2O2. The number of aliphatic hydroxyl groups is 1. The molecule has 4 nitrogen and oxygen atoms in total. The largest absolute Gasteiger partial charge is 0.389 e. The lowest BCUT2D eigenvalue weighted by Gasteiger charge is -2.17. The minimum absolute atomic E-state index is 0.130. The molecule has 0 aliphatic carbocycles. The zero-order valence-corrected chi connectivity index (χ0v) is 10.8. The Morgan fingerprint density at radius 1 is 1.35 bits per heavy atom. The summed E-state index contributed by atoms with van der Waals surface area (Å²) in [6.07, 6.45) is 1.44. The SMILES string of the molecule is CC(C)OCC(O)CN[C@@H](C)c1ccccn1. The summed E-state index contributed by atoms with van der Waals surface area (Å²) in [5.41, 5.74) is 0.976. The monoisotopic (exact) mass is 238 g/mol. The standard InChI is InChI=1S/C13H22N2O2/c1-10(2)17-9-12(16)8-15-11(3)13-6-4-5-7-14-13/h4-7,10-12,15-16H,8-9H2,1-3H3/t11-,12?/m0/s1. The van der Waals surface area contributed by atoms with Gasteiger partial charge in [0, 0.05) is 18.8 Å². The highest BCUT2D eigenvalue weighted by atomic mass is 16.5. The van der Waals surface area contributed by atoms with Crippen LogP contribution in [-0.4, -0.2) is 35.5 Å². The second-order valence-electron chi connectivity index (χ2n) is 4.42. The van der Waals surface area contributed by atoms with Crippen molar-refractivity contribution in [3.63, 3.8) is 0 Å². The smallest absolute Gasteiger partial charge is 0.0898 e. The van der Waals surface area contributed by atoms with E-state index in [1.165, 1.54) is 0 Å². The first kappa shape index (κ1) is 14.1. The lowest BCUT2D eigenvalue weighted by atomic mass is 10.2. The van der Waals surface area contributed by atoms with E-state index in [1.54, 1.807) is 6.20 Å². The van der Waals surface area contributed by atoms with E-state index in [4.69, 9.17) is 4.74 Å². The van der Waals surface area contributed by atoms with Crippen LogP contribution in [0.1, 0.15) is 32.5 Å². The Balaban J connectivity index is 2.26.